The summed E-state index contributed by atoms with van der Waals surface area (Å²) in [5.74, 6) is -1.01. The van der Waals surface area contributed by atoms with Gasteiger partial charge in [-0.15, -0.1) is 0 Å². The van der Waals surface area contributed by atoms with Gasteiger partial charge in [0.25, 0.3) is 0 Å². The van der Waals surface area contributed by atoms with Gasteiger partial charge in [-0.3, -0.25) is 0 Å². The van der Waals surface area contributed by atoms with E-state index in [1.807, 2.05) is 4.90 Å². The Kier molecular flexibility index (Phi) is 3.69. The number of ether oxygens (including phenoxy) is 1. The summed E-state index contributed by atoms with van der Waals surface area (Å²) in [5, 5.41) is 18.3. The third kappa shape index (κ3) is 2.39. The fourth-order valence-corrected chi connectivity index (χ4v) is 2.12. The second-order valence-corrected chi connectivity index (χ2v) is 4.17. The molecule has 0 aromatic heterocycles. The predicted molar refractivity (Wildman–Crippen MR) is 66.9 cm³/mol. The molecule has 18 heavy (non-hydrogen) atoms. The number of nitrogen functional groups attached to an aromatic ring is 1. The van der Waals surface area contributed by atoms with Gasteiger partial charge in [-0.1, -0.05) is 6.07 Å². The smallest absolute Gasteiger partial charge is 0.337 e. The fourth-order valence-electron chi connectivity index (χ4n) is 2.12. The Morgan fingerprint density at radius 2 is 2.33 bits per heavy atom. The first-order valence-electron chi connectivity index (χ1n) is 5.72. The van der Waals surface area contributed by atoms with Crippen molar-refractivity contribution in [2.24, 2.45) is 0 Å². The predicted octanol–water partition coefficient (Wildman–Crippen LogP) is 0.164. The minimum absolute atomic E-state index is 0.0916. The number of aromatic carboxylic acids is 1. The van der Waals surface area contributed by atoms with E-state index in [0.29, 0.717) is 31.1 Å². The zero-order chi connectivity index (χ0) is 13.1. The highest BCUT2D eigenvalue weighted by Crippen LogP contribution is 2.29. The van der Waals surface area contributed by atoms with E-state index in [0.717, 1.165) is 0 Å². The molecule has 4 N–H and O–H groups in total. The molecule has 1 atom stereocenters. The second-order valence-electron chi connectivity index (χ2n) is 4.17. The van der Waals surface area contributed by atoms with Crippen LogP contribution in [0, 0.1) is 0 Å². The number of carboxylic acids is 1. The molecule has 1 aromatic carbocycles. The maximum absolute atomic E-state index is 11.2. The van der Waals surface area contributed by atoms with Gasteiger partial charge >= 0.3 is 5.97 Å². The number of carbonyl (C=O) groups is 1. The van der Waals surface area contributed by atoms with Crippen LogP contribution < -0.4 is 10.6 Å². The van der Waals surface area contributed by atoms with Gasteiger partial charge in [0.15, 0.2) is 0 Å². The summed E-state index contributed by atoms with van der Waals surface area (Å²) < 4.78 is 5.34. The number of benzene rings is 1. The van der Waals surface area contributed by atoms with Crippen LogP contribution in [-0.2, 0) is 4.74 Å². The van der Waals surface area contributed by atoms with Crippen LogP contribution in [0.15, 0.2) is 18.2 Å². The summed E-state index contributed by atoms with van der Waals surface area (Å²) >= 11 is 0. The lowest BCUT2D eigenvalue weighted by Gasteiger charge is -2.35. The van der Waals surface area contributed by atoms with Gasteiger partial charge in [0.1, 0.15) is 0 Å². The molecule has 1 aromatic rings. The number of anilines is 2. The standard InChI is InChI=1S/C12H16N2O4/c13-10-3-1-2-9(12(16)17)11(10)14-4-5-18-8(6-14)7-15/h1-3,8,15H,4-7,13H2,(H,16,17). The summed E-state index contributed by atoms with van der Waals surface area (Å²) in [6, 6.07) is 4.81. The molecule has 0 amide bonds. The number of para-hydroxylation sites is 1. The third-order valence-corrected chi connectivity index (χ3v) is 2.96. The average molecular weight is 252 g/mol. The average Bonchev–Trinajstić information content (AvgIpc) is 2.38. The molecule has 6 nitrogen and oxygen atoms in total. The molecule has 0 radical (unpaired) electrons. The van der Waals surface area contributed by atoms with Crippen molar-refractivity contribution in [3.8, 4) is 0 Å². The van der Waals surface area contributed by atoms with Crippen LogP contribution in [0.5, 0.6) is 0 Å². The monoisotopic (exact) mass is 252 g/mol. The molecule has 1 aliphatic rings. The van der Waals surface area contributed by atoms with Crippen molar-refractivity contribution >= 4 is 17.3 Å². The third-order valence-electron chi connectivity index (χ3n) is 2.96. The maximum Gasteiger partial charge on any atom is 0.337 e. The summed E-state index contributed by atoms with van der Waals surface area (Å²) in [7, 11) is 0. The fraction of sp³-hybridized carbons (Fsp3) is 0.417. The molecular formula is C12H16N2O4. The number of carboxylic acid groups (broad SMARTS) is 1. The zero-order valence-electron chi connectivity index (χ0n) is 9.87. The Morgan fingerprint density at radius 1 is 1.56 bits per heavy atom. The minimum Gasteiger partial charge on any atom is -0.478 e. The highest BCUT2D eigenvalue weighted by Gasteiger charge is 2.25. The van der Waals surface area contributed by atoms with Crippen molar-refractivity contribution < 1.29 is 19.7 Å². The molecule has 98 valence electrons. The number of aliphatic hydroxyl groups is 1. The first kappa shape index (κ1) is 12.7. The number of hydrogen-bond acceptors (Lipinski definition) is 5. The lowest BCUT2D eigenvalue weighted by molar-refractivity contribution is 0.00353. The summed E-state index contributed by atoms with van der Waals surface area (Å²) in [6.07, 6.45) is -0.306. The molecule has 0 saturated carbocycles. The Hall–Kier alpha value is -1.79. The number of aliphatic hydroxyl groups excluding tert-OH is 1. The van der Waals surface area contributed by atoms with Crippen LogP contribution in [0.4, 0.5) is 11.4 Å². The van der Waals surface area contributed by atoms with Crippen LogP contribution in [0.25, 0.3) is 0 Å². The molecule has 1 aliphatic heterocycles. The largest absolute Gasteiger partial charge is 0.478 e. The van der Waals surface area contributed by atoms with Crippen molar-refractivity contribution in [2.75, 3.05) is 36.9 Å². The van der Waals surface area contributed by atoms with E-state index < -0.39 is 5.97 Å². The molecular weight excluding hydrogens is 236 g/mol. The van der Waals surface area contributed by atoms with Crippen molar-refractivity contribution in [2.45, 2.75) is 6.10 Å². The van der Waals surface area contributed by atoms with Crippen LogP contribution in [0.2, 0.25) is 0 Å². The molecule has 6 heteroatoms. The number of rotatable bonds is 3. The quantitative estimate of drug-likeness (QED) is 0.663. The minimum atomic E-state index is -1.01. The van der Waals surface area contributed by atoms with Crippen LogP contribution in [0.1, 0.15) is 10.4 Å². The highest BCUT2D eigenvalue weighted by molar-refractivity contribution is 5.98. The highest BCUT2D eigenvalue weighted by atomic mass is 16.5. The number of nitrogens with two attached hydrogens (primary N) is 1. The number of nitrogens with zero attached hydrogens (tertiary/aromatic N) is 1. The normalized spacial score (nSPS) is 19.8. The summed E-state index contributed by atoms with van der Waals surface area (Å²) in [4.78, 5) is 13.1. The van der Waals surface area contributed by atoms with Crippen LogP contribution >= 0.6 is 0 Å². The molecule has 1 heterocycles. The van der Waals surface area contributed by atoms with E-state index in [1.165, 1.54) is 6.07 Å². The molecule has 0 spiro atoms. The van der Waals surface area contributed by atoms with Gasteiger partial charge in [0.2, 0.25) is 0 Å². The van der Waals surface area contributed by atoms with E-state index >= 15 is 0 Å². The SMILES string of the molecule is Nc1cccc(C(=O)O)c1N1CCOC(CO)C1. The molecule has 1 unspecified atom stereocenters. The van der Waals surface area contributed by atoms with E-state index in [4.69, 9.17) is 15.6 Å². The first-order chi connectivity index (χ1) is 8.63. The van der Waals surface area contributed by atoms with E-state index in [2.05, 4.69) is 0 Å². The van der Waals surface area contributed by atoms with Gasteiger partial charge < -0.3 is 25.6 Å². The van der Waals surface area contributed by atoms with Crippen molar-refractivity contribution in [1.29, 1.82) is 0 Å². The molecule has 0 aliphatic carbocycles. The van der Waals surface area contributed by atoms with Gasteiger partial charge in [-0.05, 0) is 12.1 Å². The van der Waals surface area contributed by atoms with Crippen LogP contribution in [0.3, 0.4) is 0 Å². The molecule has 2 rings (SSSR count). The molecule has 1 saturated heterocycles. The van der Waals surface area contributed by atoms with E-state index in [-0.39, 0.29) is 18.3 Å². The van der Waals surface area contributed by atoms with Crippen molar-refractivity contribution in [3.63, 3.8) is 0 Å². The second kappa shape index (κ2) is 5.24. The maximum atomic E-state index is 11.2. The Morgan fingerprint density at radius 3 is 3.00 bits per heavy atom. The van der Waals surface area contributed by atoms with E-state index in [1.54, 1.807) is 12.1 Å². The topological polar surface area (TPSA) is 96.0 Å². The Labute approximate surface area is 105 Å². The summed E-state index contributed by atoms with van der Waals surface area (Å²) in [6.45, 7) is 1.35. The van der Waals surface area contributed by atoms with Gasteiger partial charge in [0, 0.05) is 13.1 Å². The van der Waals surface area contributed by atoms with Crippen molar-refractivity contribution in [1.82, 2.24) is 0 Å². The number of hydrogen-bond donors (Lipinski definition) is 3. The first-order valence-corrected chi connectivity index (χ1v) is 5.72. The molecule has 0 bridgehead atoms. The lowest BCUT2D eigenvalue weighted by atomic mass is 10.1. The lowest BCUT2D eigenvalue weighted by Crippen LogP contribution is -2.44. The summed E-state index contributed by atoms with van der Waals surface area (Å²) in [5.41, 5.74) is 6.97. The van der Waals surface area contributed by atoms with Gasteiger partial charge in [0.05, 0.1) is 36.3 Å². The van der Waals surface area contributed by atoms with Crippen LogP contribution in [-0.4, -0.2) is 48.6 Å². The Balaban J connectivity index is 2.34. The Bertz CT molecular complexity index is 450. The number of morpholine rings is 1. The zero-order valence-corrected chi connectivity index (χ0v) is 9.87. The molecule has 1 fully saturated rings. The van der Waals surface area contributed by atoms with Gasteiger partial charge in [-0.25, -0.2) is 4.79 Å². The van der Waals surface area contributed by atoms with Crippen molar-refractivity contribution in [3.05, 3.63) is 23.8 Å². The van der Waals surface area contributed by atoms with E-state index in [9.17, 15) is 9.90 Å². The van der Waals surface area contributed by atoms with Gasteiger partial charge in [-0.2, -0.15) is 0 Å².